The van der Waals surface area contributed by atoms with Gasteiger partial charge in [-0.05, 0) is 30.6 Å². The van der Waals surface area contributed by atoms with Gasteiger partial charge in [0.2, 0.25) is 6.29 Å². The van der Waals surface area contributed by atoms with Crippen molar-refractivity contribution in [2.75, 3.05) is 0 Å². The molecule has 0 radical (unpaired) electrons. The summed E-state index contributed by atoms with van der Waals surface area (Å²) in [4.78, 5) is 0. The fraction of sp³-hybridized carbons (Fsp3) is 0.444. The van der Waals surface area contributed by atoms with Crippen molar-refractivity contribution < 1.29 is 9.47 Å². The first kappa shape index (κ1) is 14.9. The zero-order valence-electron chi connectivity index (χ0n) is 12.2. The van der Waals surface area contributed by atoms with Crippen LogP contribution in [0.3, 0.4) is 0 Å². The molecule has 0 bridgehead atoms. The molecular weight excluding hydrogens is 248 g/mol. The van der Waals surface area contributed by atoms with Gasteiger partial charge in [-0.15, -0.1) is 0 Å². The van der Waals surface area contributed by atoms with Crippen LogP contribution >= 0.6 is 0 Å². The third kappa shape index (κ3) is 5.22. The Balaban J connectivity index is 1.87. The largest absolute Gasteiger partial charge is 0.469 e. The second-order valence-corrected chi connectivity index (χ2v) is 5.14. The van der Waals surface area contributed by atoms with Gasteiger partial charge in [-0.25, -0.2) is 0 Å². The number of benzene rings is 1. The van der Waals surface area contributed by atoms with Gasteiger partial charge < -0.3 is 9.47 Å². The summed E-state index contributed by atoms with van der Waals surface area (Å²) in [5, 5.41) is 0. The lowest BCUT2D eigenvalue weighted by molar-refractivity contribution is -0.104. The Bertz CT molecular complexity index is 422. The lowest BCUT2D eigenvalue weighted by Crippen LogP contribution is -2.19. The van der Waals surface area contributed by atoms with Crippen LogP contribution in [0.5, 0.6) is 0 Å². The summed E-state index contributed by atoms with van der Waals surface area (Å²) in [6.07, 6.45) is 13.6. The van der Waals surface area contributed by atoms with Crippen molar-refractivity contribution in [1.29, 1.82) is 0 Å². The second-order valence-electron chi connectivity index (χ2n) is 5.14. The van der Waals surface area contributed by atoms with Crippen LogP contribution in [0, 0.1) is 0 Å². The Morgan fingerprint density at radius 1 is 1.20 bits per heavy atom. The fourth-order valence-electron chi connectivity index (χ4n) is 2.27. The van der Waals surface area contributed by atoms with Gasteiger partial charge in [0, 0.05) is 0 Å². The Morgan fingerprint density at radius 2 is 2.05 bits per heavy atom. The van der Waals surface area contributed by atoms with Gasteiger partial charge in [-0.3, -0.25) is 0 Å². The maximum atomic E-state index is 6.01. The van der Waals surface area contributed by atoms with E-state index in [-0.39, 0.29) is 12.4 Å². The zero-order chi connectivity index (χ0) is 14.0. The molecule has 0 saturated heterocycles. The van der Waals surface area contributed by atoms with Gasteiger partial charge in [0.25, 0.3) is 0 Å². The van der Waals surface area contributed by atoms with E-state index < -0.39 is 0 Å². The minimum atomic E-state index is -0.277. The first-order chi connectivity index (χ1) is 9.88. The summed E-state index contributed by atoms with van der Waals surface area (Å²) < 4.78 is 11.6. The first-order valence-corrected chi connectivity index (χ1v) is 7.57. The molecule has 20 heavy (non-hydrogen) atoms. The molecule has 0 spiro atoms. The monoisotopic (exact) mass is 272 g/mol. The highest BCUT2D eigenvalue weighted by Crippen LogP contribution is 2.18. The molecule has 2 atom stereocenters. The molecule has 108 valence electrons. The summed E-state index contributed by atoms with van der Waals surface area (Å²) in [7, 11) is 0. The van der Waals surface area contributed by atoms with Crippen LogP contribution in [0.4, 0.5) is 0 Å². The van der Waals surface area contributed by atoms with Gasteiger partial charge in [0.05, 0.1) is 12.4 Å². The molecule has 2 rings (SSSR count). The van der Waals surface area contributed by atoms with Crippen LogP contribution in [-0.2, 0) is 9.47 Å². The van der Waals surface area contributed by atoms with Gasteiger partial charge in [0.1, 0.15) is 0 Å². The molecule has 1 aromatic carbocycles. The smallest absolute Gasteiger partial charge is 0.219 e. The number of unbranched alkanes of at least 4 members (excludes halogenated alkanes) is 2. The number of rotatable bonds is 6. The third-order valence-electron chi connectivity index (χ3n) is 3.41. The topological polar surface area (TPSA) is 18.5 Å². The summed E-state index contributed by atoms with van der Waals surface area (Å²) in [6.45, 7) is 2.22. The molecule has 1 aromatic rings. The van der Waals surface area contributed by atoms with E-state index in [4.69, 9.17) is 9.47 Å². The average Bonchev–Trinajstić information content (AvgIpc) is 2.72. The Labute approximate surface area is 122 Å². The molecule has 0 aliphatic carbocycles. The molecule has 1 heterocycles. The molecule has 0 fully saturated rings. The van der Waals surface area contributed by atoms with Crippen LogP contribution in [-0.4, -0.2) is 12.4 Å². The normalized spacial score (nSPS) is 22.6. The van der Waals surface area contributed by atoms with Gasteiger partial charge >= 0.3 is 0 Å². The van der Waals surface area contributed by atoms with Gasteiger partial charge in [-0.2, -0.15) is 0 Å². The molecule has 0 N–H and O–H groups in total. The third-order valence-corrected chi connectivity index (χ3v) is 3.41. The minimum Gasteiger partial charge on any atom is -0.469 e. The van der Waals surface area contributed by atoms with Crippen molar-refractivity contribution in [3.63, 3.8) is 0 Å². The zero-order valence-corrected chi connectivity index (χ0v) is 12.2. The lowest BCUT2D eigenvalue weighted by atomic mass is 10.1. The SMILES string of the molecule is CCCCC[C@H]1CC=CO[C@@H](/C=C/c2ccccc2)O1. The van der Waals surface area contributed by atoms with Crippen molar-refractivity contribution >= 4 is 6.08 Å². The van der Waals surface area contributed by atoms with Crippen LogP contribution in [0.2, 0.25) is 0 Å². The predicted octanol–water partition coefficient (Wildman–Crippen LogP) is 4.93. The van der Waals surface area contributed by atoms with E-state index in [1.54, 1.807) is 6.26 Å². The summed E-state index contributed by atoms with van der Waals surface area (Å²) in [5.74, 6) is 0. The van der Waals surface area contributed by atoms with Crippen molar-refractivity contribution in [1.82, 2.24) is 0 Å². The van der Waals surface area contributed by atoms with Crippen molar-refractivity contribution in [2.24, 2.45) is 0 Å². The van der Waals surface area contributed by atoms with Gasteiger partial charge in [0.15, 0.2) is 0 Å². The lowest BCUT2D eigenvalue weighted by Gasteiger charge is -2.19. The fourth-order valence-corrected chi connectivity index (χ4v) is 2.27. The quantitative estimate of drug-likeness (QED) is 0.684. The van der Waals surface area contributed by atoms with E-state index in [1.165, 1.54) is 19.3 Å². The van der Waals surface area contributed by atoms with E-state index in [9.17, 15) is 0 Å². The predicted molar refractivity (Wildman–Crippen MR) is 83.1 cm³/mol. The average molecular weight is 272 g/mol. The van der Waals surface area contributed by atoms with Crippen LogP contribution < -0.4 is 0 Å². The Hall–Kier alpha value is -1.54. The van der Waals surface area contributed by atoms with Crippen molar-refractivity contribution in [3.05, 3.63) is 54.3 Å². The van der Waals surface area contributed by atoms with Gasteiger partial charge in [-0.1, -0.05) is 62.6 Å². The summed E-state index contributed by atoms with van der Waals surface area (Å²) >= 11 is 0. The molecule has 0 saturated carbocycles. The molecule has 0 aromatic heterocycles. The van der Waals surface area contributed by atoms with Crippen LogP contribution in [0.15, 0.2) is 48.7 Å². The van der Waals surface area contributed by atoms with Crippen LogP contribution in [0.1, 0.15) is 44.6 Å². The van der Waals surface area contributed by atoms with Crippen molar-refractivity contribution in [2.45, 2.75) is 51.4 Å². The van der Waals surface area contributed by atoms with Crippen LogP contribution in [0.25, 0.3) is 6.08 Å². The molecule has 1 aliphatic heterocycles. The number of hydrogen-bond donors (Lipinski definition) is 0. The molecule has 0 amide bonds. The Kier molecular flexibility index (Phi) is 6.39. The highest BCUT2D eigenvalue weighted by Gasteiger charge is 2.16. The Morgan fingerprint density at radius 3 is 2.85 bits per heavy atom. The standard InChI is InChI=1S/C18H24O2/c1-2-3-5-11-17-12-8-15-19-18(20-17)14-13-16-9-6-4-7-10-16/h4,6-10,13-15,17-18H,2-3,5,11-12H2,1H3/b14-13+/t17-,18+/m0/s1. The highest BCUT2D eigenvalue weighted by molar-refractivity contribution is 5.49. The maximum absolute atomic E-state index is 6.01. The van der Waals surface area contributed by atoms with E-state index in [1.807, 2.05) is 30.4 Å². The number of hydrogen-bond acceptors (Lipinski definition) is 2. The minimum absolute atomic E-state index is 0.269. The molecule has 2 nitrogen and oxygen atoms in total. The van der Waals surface area contributed by atoms with E-state index in [0.717, 1.165) is 18.4 Å². The second kappa shape index (κ2) is 8.60. The molecular formula is C18H24O2. The summed E-state index contributed by atoms with van der Waals surface area (Å²) in [5.41, 5.74) is 1.16. The van der Waals surface area contributed by atoms with E-state index in [2.05, 4.69) is 25.1 Å². The first-order valence-electron chi connectivity index (χ1n) is 7.57. The van der Waals surface area contributed by atoms with E-state index >= 15 is 0 Å². The molecule has 2 heteroatoms. The van der Waals surface area contributed by atoms with Crippen molar-refractivity contribution in [3.8, 4) is 0 Å². The maximum Gasteiger partial charge on any atom is 0.219 e. The summed E-state index contributed by atoms with van der Waals surface area (Å²) in [6, 6.07) is 10.2. The number of ether oxygens (including phenoxy) is 2. The van der Waals surface area contributed by atoms with E-state index in [0.29, 0.717) is 0 Å². The molecule has 0 unspecified atom stereocenters. The highest BCUT2D eigenvalue weighted by atomic mass is 16.7. The molecule has 1 aliphatic rings.